The maximum absolute atomic E-state index is 4.45. The molecule has 0 radical (unpaired) electrons. The van der Waals surface area contributed by atoms with E-state index in [0.717, 1.165) is 10.8 Å². The van der Waals surface area contributed by atoms with E-state index in [0.29, 0.717) is 0 Å². The molecule has 2 nitrogen and oxygen atoms in total. The summed E-state index contributed by atoms with van der Waals surface area (Å²) in [5.41, 5.74) is 1.31. The van der Waals surface area contributed by atoms with Gasteiger partial charge >= 0.3 is 0 Å². The van der Waals surface area contributed by atoms with Gasteiger partial charge in [-0.1, -0.05) is 0 Å². The van der Waals surface area contributed by atoms with Gasteiger partial charge in [0, 0.05) is 12.4 Å². The van der Waals surface area contributed by atoms with E-state index < -0.39 is 0 Å². The normalized spacial score (nSPS) is 10.3. The Morgan fingerprint density at radius 1 is 1.38 bits per heavy atom. The molecule has 0 spiro atoms. The van der Waals surface area contributed by atoms with Crippen molar-refractivity contribution in [2.24, 2.45) is 0 Å². The summed E-state index contributed by atoms with van der Waals surface area (Å²) in [6.07, 6.45) is 0. The second kappa shape index (κ2) is 3.47. The molecular weight excluding hydrogens is 200 g/mol. The fourth-order valence-corrected chi connectivity index (χ4v) is 2.99. The average Bonchev–Trinajstić information content (AvgIpc) is 2.71. The van der Waals surface area contributed by atoms with Crippen molar-refractivity contribution in [3.8, 4) is 9.88 Å². The van der Waals surface area contributed by atoms with Crippen molar-refractivity contribution >= 4 is 28.5 Å². The minimum atomic E-state index is 0.952. The Bertz CT molecular complexity index is 403. The maximum Gasteiger partial charge on any atom is 0.137 e. The zero-order valence-corrected chi connectivity index (χ0v) is 9.13. The zero-order chi connectivity index (χ0) is 9.26. The van der Waals surface area contributed by atoms with Crippen molar-refractivity contribution < 1.29 is 0 Å². The Balaban J connectivity index is 2.41. The molecule has 2 rings (SSSR count). The van der Waals surface area contributed by atoms with Crippen LogP contribution in [0.5, 0.6) is 0 Å². The summed E-state index contributed by atoms with van der Waals surface area (Å²) in [4.78, 5) is 5.73. The van der Waals surface area contributed by atoms with Gasteiger partial charge in [0.15, 0.2) is 0 Å². The molecule has 13 heavy (non-hydrogen) atoms. The lowest BCUT2D eigenvalue weighted by Gasteiger charge is -1.92. The second-order valence-corrected chi connectivity index (χ2v) is 4.49. The van der Waals surface area contributed by atoms with Gasteiger partial charge < -0.3 is 5.32 Å². The lowest BCUT2D eigenvalue weighted by atomic mass is 10.3. The molecule has 0 amide bonds. The van der Waals surface area contributed by atoms with Gasteiger partial charge in [-0.3, -0.25) is 0 Å². The van der Waals surface area contributed by atoms with Crippen LogP contribution >= 0.6 is 22.7 Å². The molecule has 0 unspecified atom stereocenters. The van der Waals surface area contributed by atoms with Gasteiger partial charge in [-0.05, 0) is 23.9 Å². The van der Waals surface area contributed by atoms with Gasteiger partial charge in [0.05, 0.1) is 4.88 Å². The lowest BCUT2D eigenvalue weighted by molar-refractivity contribution is 1.35. The molecular formula is C9H10N2S2. The molecule has 68 valence electrons. The van der Waals surface area contributed by atoms with Gasteiger partial charge in [0.2, 0.25) is 0 Å². The van der Waals surface area contributed by atoms with Crippen LogP contribution in [0.3, 0.4) is 0 Å². The highest BCUT2D eigenvalue weighted by Gasteiger charge is 2.07. The predicted octanol–water partition coefficient (Wildman–Crippen LogP) is 3.22. The Kier molecular flexibility index (Phi) is 2.33. The van der Waals surface area contributed by atoms with E-state index in [2.05, 4.69) is 28.7 Å². The van der Waals surface area contributed by atoms with Crippen LogP contribution in [0.2, 0.25) is 0 Å². The topological polar surface area (TPSA) is 24.9 Å². The van der Waals surface area contributed by atoms with Crippen molar-refractivity contribution in [3.63, 3.8) is 0 Å². The van der Waals surface area contributed by atoms with E-state index in [9.17, 15) is 0 Å². The summed E-state index contributed by atoms with van der Waals surface area (Å²) in [6, 6.07) is 2.13. The van der Waals surface area contributed by atoms with Crippen LogP contribution in [0.25, 0.3) is 9.88 Å². The zero-order valence-electron chi connectivity index (χ0n) is 7.50. The van der Waals surface area contributed by atoms with Crippen LogP contribution in [-0.4, -0.2) is 12.0 Å². The number of aromatic nitrogens is 1. The predicted molar refractivity (Wildman–Crippen MR) is 59.7 cm³/mol. The van der Waals surface area contributed by atoms with E-state index >= 15 is 0 Å². The summed E-state index contributed by atoms with van der Waals surface area (Å²) < 4.78 is 0. The molecule has 1 N–H and O–H groups in total. The van der Waals surface area contributed by atoms with Crippen LogP contribution in [0.15, 0.2) is 16.8 Å². The van der Waals surface area contributed by atoms with Crippen LogP contribution in [0.1, 0.15) is 5.56 Å². The number of thiophene rings is 1. The largest absolute Gasteiger partial charge is 0.372 e. The van der Waals surface area contributed by atoms with Gasteiger partial charge in [0.1, 0.15) is 10.8 Å². The first kappa shape index (κ1) is 8.72. The quantitative estimate of drug-likeness (QED) is 0.823. The molecule has 0 bridgehead atoms. The number of nitrogens with zero attached hydrogens (tertiary/aromatic N) is 1. The molecule has 0 saturated heterocycles. The number of hydrogen-bond donors (Lipinski definition) is 1. The van der Waals surface area contributed by atoms with E-state index in [1.54, 1.807) is 22.7 Å². The smallest absolute Gasteiger partial charge is 0.137 e. The SMILES string of the molecule is CNc1csc(-c2sccc2C)n1. The Morgan fingerprint density at radius 2 is 2.23 bits per heavy atom. The van der Waals surface area contributed by atoms with Crippen molar-refractivity contribution in [1.82, 2.24) is 4.98 Å². The maximum atomic E-state index is 4.45. The number of nitrogens with one attached hydrogen (secondary N) is 1. The van der Waals surface area contributed by atoms with Crippen LogP contribution in [0.4, 0.5) is 5.82 Å². The third-order valence-corrected chi connectivity index (χ3v) is 3.83. The van der Waals surface area contributed by atoms with Gasteiger partial charge in [-0.2, -0.15) is 0 Å². The number of hydrogen-bond acceptors (Lipinski definition) is 4. The Labute approximate surface area is 85.3 Å². The van der Waals surface area contributed by atoms with Crippen LogP contribution in [0, 0.1) is 6.92 Å². The summed E-state index contributed by atoms with van der Waals surface area (Å²) >= 11 is 3.43. The molecule has 0 atom stereocenters. The highest BCUT2D eigenvalue weighted by atomic mass is 32.1. The molecule has 0 aliphatic rings. The monoisotopic (exact) mass is 210 g/mol. The van der Waals surface area contributed by atoms with E-state index in [1.165, 1.54) is 10.4 Å². The summed E-state index contributed by atoms with van der Waals surface area (Å²) in [5.74, 6) is 0.952. The van der Waals surface area contributed by atoms with Gasteiger partial charge in [-0.15, -0.1) is 22.7 Å². The first-order valence-corrected chi connectivity index (χ1v) is 5.75. The average molecular weight is 210 g/mol. The minimum absolute atomic E-state index is 0.952. The molecule has 2 aromatic rings. The third-order valence-electron chi connectivity index (χ3n) is 1.82. The van der Waals surface area contributed by atoms with E-state index in [4.69, 9.17) is 0 Å². The molecule has 0 aromatic carbocycles. The molecule has 0 aliphatic heterocycles. The first-order valence-electron chi connectivity index (χ1n) is 3.99. The standard InChI is InChI=1S/C9H10N2S2/c1-6-3-4-12-8(6)9-11-7(10-2)5-13-9/h3-5,10H,1-2H3. The summed E-state index contributed by atoms with van der Waals surface area (Å²) in [5, 5.41) is 8.28. The lowest BCUT2D eigenvalue weighted by Crippen LogP contribution is -1.86. The Hall–Kier alpha value is -0.870. The molecule has 4 heteroatoms. The molecule has 2 heterocycles. The molecule has 2 aromatic heterocycles. The second-order valence-electron chi connectivity index (χ2n) is 2.72. The van der Waals surface area contributed by atoms with Crippen molar-refractivity contribution in [1.29, 1.82) is 0 Å². The van der Waals surface area contributed by atoms with Crippen LogP contribution < -0.4 is 5.32 Å². The number of thiazole rings is 1. The number of rotatable bonds is 2. The van der Waals surface area contributed by atoms with Gasteiger partial charge in [0.25, 0.3) is 0 Å². The number of anilines is 1. The highest BCUT2D eigenvalue weighted by molar-refractivity contribution is 7.20. The summed E-state index contributed by atoms with van der Waals surface area (Å²) in [7, 11) is 1.89. The summed E-state index contributed by atoms with van der Waals surface area (Å²) in [6.45, 7) is 2.12. The van der Waals surface area contributed by atoms with Crippen molar-refractivity contribution in [3.05, 3.63) is 22.4 Å². The minimum Gasteiger partial charge on any atom is -0.372 e. The molecule has 0 fully saturated rings. The fourth-order valence-electron chi connectivity index (χ4n) is 1.08. The Morgan fingerprint density at radius 3 is 2.77 bits per heavy atom. The highest BCUT2D eigenvalue weighted by Crippen LogP contribution is 2.32. The van der Waals surface area contributed by atoms with Gasteiger partial charge in [-0.25, -0.2) is 4.98 Å². The molecule has 0 saturated carbocycles. The van der Waals surface area contributed by atoms with Crippen molar-refractivity contribution in [2.75, 3.05) is 12.4 Å². The molecule has 0 aliphatic carbocycles. The van der Waals surface area contributed by atoms with Crippen LogP contribution in [-0.2, 0) is 0 Å². The fraction of sp³-hybridized carbons (Fsp3) is 0.222. The first-order chi connectivity index (χ1) is 6.31. The van der Waals surface area contributed by atoms with Crippen molar-refractivity contribution in [2.45, 2.75) is 6.92 Å². The van der Waals surface area contributed by atoms with E-state index in [-0.39, 0.29) is 0 Å². The van der Waals surface area contributed by atoms with E-state index in [1.807, 2.05) is 12.4 Å². The number of aryl methyl sites for hydroxylation is 1. The third kappa shape index (κ3) is 1.59.